The Hall–Kier alpha value is -3.49. The second-order valence-electron chi connectivity index (χ2n) is 9.03. The van der Waals surface area contributed by atoms with Gasteiger partial charge in [0, 0.05) is 31.1 Å². The lowest BCUT2D eigenvalue weighted by molar-refractivity contribution is 0.0780. The normalized spacial score (nSPS) is 11.4. The Morgan fingerprint density at radius 1 is 0.973 bits per heavy atom. The number of hydrogen-bond acceptors (Lipinski definition) is 6. The molecule has 4 rings (SSSR count). The van der Waals surface area contributed by atoms with E-state index in [1.807, 2.05) is 30.3 Å². The number of thiophene rings is 1. The number of pyridine rings is 1. The third-order valence-corrected chi connectivity index (χ3v) is 7.84. The Kier molecular flexibility index (Phi) is 8.41. The molecule has 4 aromatic rings. The Balaban J connectivity index is 1.78. The third kappa shape index (κ3) is 5.31. The van der Waals surface area contributed by atoms with Gasteiger partial charge in [-0.15, -0.1) is 11.3 Å². The summed E-state index contributed by atoms with van der Waals surface area (Å²) in [5.41, 5.74) is 0.851. The van der Waals surface area contributed by atoms with Crippen LogP contribution in [0.3, 0.4) is 0 Å². The number of benzene rings is 2. The van der Waals surface area contributed by atoms with Crippen molar-refractivity contribution in [3.8, 4) is 5.75 Å². The number of ketones is 1. The number of para-hydroxylation sites is 1. The number of hydrogen-bond donors (Lipinski definition) is 0. The van der Waals surface area contributed by atoms with Crippen molar-refractivity contribution in [1.29, 1.82) is 0 Å². The fraction of sp³-hybridized carbons (Fsp3) is 0.345. The van der Waals surface area contributed by atoms with Crippen LogP contribution >= 0.6 is 11.3 Å². The van der Waals surface area contributed by atoms with Crippen molar-refractivity contribution in [3.05, 3.63) is 75.4 Å². The molecule has 194 valence electrons. The van der Waals surface area contributed by atoms with E-state index in [9.17, 15) is 14.4 Å². The highest BCUT2D eigenvalue weighted by molar-refractivity contribution is 7.22. The molecule has 0 bridgehead atoms. The number of carbonyl (C=O) groups excluding carboxylic acids is 2. The number of Topliss-reactive ketones (excluding diaryl/α,β-unsaturated/α-hetero) is 1. The van der Waals surface area contributed by atoms with Crippen LogP contribution in [0.2, 0.25) is 0 Å². The highest BCUT2D eigenvalue weighted by Crippen LogP contribution is 2.40. The molecule has 0 saturated carbocycles. The number of rotatable bonds is 11. The molecule has 1 amide bonds. The van der Waals surface area contributed by atoms with Crippen LogP contribution in [-0.2, 0) is 6.54 Å². The lowest BCUT2D eigenvalue weighted by Gasteiger charge is -2.23. The average Bonchev–Trinajstić information content (AvgIpc) is 3.33. The van der Waals surface area contributed by atoms with Crippen LogP contribution in [0.4, 0.5) is 0 Å². The molecule has 0 saturated heterocycles. The molecule has 0 radical (unpaired) electrons. The number of amides is 1. The van der Waals surface area contributed by atoms with Crippen LogP contribution in [-0.4, -0.2) is 66.4 Å². The first-order chi connectivity index (χ1) is 17.9. The molecule has 0 aliphatic heterocycles. The summed E-state index contributed by atoms with van der Waals surface area (Å²) in [6.07, 6.45) is 1.06. The molecule has 0 spiro atoms. The Morgan fingerprint density at radius 2 is 1.68 bits per heavy atom. The molecule has 0 N–H and O–H groups in total. The van der Waals surface area contributed by atoms with E-state index in [0.29, 0.717) is 32.6 Å². The predicted octanol–water partition coefficient (Wildman–Crippen LogP) is 4.91. The molecule has 7 nitrogen and oxygen atoms in total. The summed E-state index contributed by atoms with van der Waals surface area (Å²) in [5, 5.41) is 1.15. The van der Waals surface area contributed by atoms with Gasteiger partial charge in [0.15, 0.2) is 11.5 Å². The van der Waals surface area contributed by atoms with Gasteiger partial charge >= 0.3 is 0 Å². The third-order valence-electron chi connectivity index (χ3n) is 6.64. The molecule has 37 heavy (non-hydrogen) atoms. The molecule has 0 aliphatic rings. The molecule has 0 atom stereocenters. The summed E-state index contributed by atoms with van der Waals surface area (Å²) >= 11 is 1.27. The zero-order valence-electron chi connectivity index (χ0n) is 21.8. The van der Waals surface area contributed by atoms with Crippen molar-refractivity contribution in [2.45, 2.75) is 26.8 Å². The van der Waals surface area contributed by atoms with E-state index < -0.39 is 0 Å². The SMILES string of the molecule is CCCN(CC)CCN(C)C(=O)c1sc2c(c1OC)c(=O)n(CC(=O)c1ccccc1)c1ccccc21. The molecule has 0 unspecified atom stereocenters. The number of methoxy groups -OCH3 is 1. The minimum atomic E-state index is -0.340. The zero-order valence-corrected chi connectivity index (χ0v) is 22.6. The van der Waals surface area contributed by atoms with E-state index in [0.717, 1.165) is 31.4 Å². The van der Waals surface area contributed by atoms with Crippen LogP contribution in [0.1, 0.15) is 40.3 Å². The first-order valence-corrected chi connectivity index (χ1v) is 13.4. The summed E-state index contributed by atoms with van der Waals surface area (Å²) in [6, 6.07) is 16.4. The van der Waals surface area contributed by atoms with Gasteiger partial charge in [-0.3, -0.25) is 19.0 Å². The van der Waals surface area contributed by atoms with Crippen LogP contribution in [0.5, 0.6) is 5.75 Å². The molecule has 0 fully saturated rings. The minimum absolute atomic E-state index is 0.105. The molecular formula is C29H33N3O4S. The van der Waals surface area contributed by atoms with Crippen molar-refractivity contribution in [1.82, 2.24) is 14.4 Å². The summed E-state index contributed by atoms with van der Waals surface area (Å²) in [4.78, 5) is 44.8. The fourth-order valence-electron chi connectivity index (χ4n) is 4.61. The molecule has 2 aromatic heterocycles. The fourth-order valence-corrected chi connectivity index (χ4v) is 5.90. The van der Waals surface area contributed by atoms with Gasteiger partial charge in [-0.05, 0) is 25.6 Å². The Morgan fingerprint density at radius 3 is 2.35 bits per heavy atom. The van der Waals surface area contributed by atoms with Gasteiger partial charge in [-0.2, -0.15) is 0 Å². The topological polar surface area (TPSA) is 71.8 Å². The van der Waals surface area contributed by atoms with E-state index in [1.54, 1.807) is 36.2 Å². The summed E-state index contributed by atoms with van der Waals surface area (Å²) in [5.74, 6) is -0.0691. The van der Waals surface area contributed by atoms with Crippen LogP contribution in [0.15, 0.2) is 59.4 Å². The molecule has 2 heterocycles. The van der Waals surface area contributed by atoms with Crippen LogP contribution < -0.4 is 10.3 Å². The average molecular weight is 520 g/mol. The highest BCUT2D eigenvalue weighted by Gasteiger charge is 2.27. The molecule has 8 heteroatoms. The Labute approximate surface area is 220 Å². The smallest absolute Gasteiger partial charge is 0.267 e. The monoisotopic (exact) mass is 519 g/mol. The lowest BCUT2D eigenvalue weighted by atomic mass is 10.1. The standard InChI is InChI=1S/C29H33N3O4S/c1-5-16-31(6-2)18-17-30(3)29(35)27-25(36-4)24-26(37-27)21-14-10-11-15-22(21)32(28(24)34)19-23(33)20-12-8-7-9-13-20/h7-15H,5-6,16-19H2,1-4H3. The lowest BCUT2D eigenvalue weighted by Crippen LogP contribution is -2.36. The van der Waals surface area contributed by atoms with Gasteiger partial charge in [0.05, 0.1) is 23.9 Å². The van der Waals surface area contributed by atoms with Crippen molar-refractivity contribution in [2.24, 2.45) is 0 Å². The van der Waals surface area contributed by atoms with Gasteiger partial charge in [0.1, 0.15) is 10.3 Å². The van der Waals surface area contributed by atoms with Gasteiger partial charge in [0.2, 0.25) is 0 Å². The van der Waals surface area contributed by atoms with Crippen molar-refractivity contribution < 1.29 is 14.3 Å². The van der Waals surface area contributed by atoms with Gasteiger partial charge in [-0.25, -0.2) is 0 Å². The first kappa shape index (κ1) is 26.6. The van der Waals surface area contributed by atoms with Crippen LogP contribution in [0.25, 0.3) is 21.0 Å². The molecular weight excluding hydrogens is 486 g/mol. The zero-order chi connectivity index (χ0) is 26.5. The highest BCUT2D eigenvalue weighted by atomic mass is 32.1. The predicted molar refractivity (Wildman–Crippen MR) is 150 cm³/mol. The van der Waals surface area contributed by atoms with E-state index in [4.69, 9.17) is 4.74 Å². The number of aromatic nitrogens is 1. The number of likely N-dealkylation sites (N-methyl/N-ethyl adjacent to an activating group) is 2. The van der Waals surface area contributed by atoms with E-state index in [2.05, 4.69) is 18.7 Å². The summed E-state index contributed by atoms with van der Waals surface area (Å²) in [6.45, 7) is 7.41. The largest absolute Gasteiger partial charge is 0.494 e. The number of nitrogens with zero attached hydrogens (tertiary/aromatic N) is 3. The van der Waals surface area contributed by atoms with Gasteiger partial charge < -0.3 is 14.5 Å². The Bertz CT molecular complexity index is 1480. The number of fused-ring (bicyclic) bond motifs is 3. The van der Waals surface area contributed by atoms with E-state index in [1.165, 1.54) is 23.0 Å². The molecule has 0 aliphatic carbocycles. The summed E-state index contributed by atoms with van der Waals surface area (Å²) < 4.78 is 7.87. The van der Waals surface area contributed by atoms with Gasteiger partial charge in [-0.1, -0.05) is 62.4 Å². The van der Waals surface area contributed by atoms with Crippen molar-refractivity contribution >= 4 is 44.0 Å². The second kappa shape index (κ2) is 11.7. The quantitative estimate of drug-likeness (QED) is 0.263. The van der Waals surface area contributed by atoms with Crippen molar-refractivity contribution in [3.63, 3.8) is 0 Å². The number of ether oxygens (including phenoxy) is 1. The van der Waals surface area contributed by atoms with E-state index in [-0.39, 0.29) is 29.5 Å². The summed E-state index contributed by atoms with van der Waals surface area (Å²) in [7, 11) is 3.26. The van der Waals surface area contributed by atoms with E-state index >= 15 is 0 Å². The van der Waals surface area contributed by atoms with Gasteiger partial charge in [0.25, 0.3) is 11.5 Å². The first-order valence-electron chi connectivity index (χ1n) is 12.6. The maximum atomic E-state index is 13.8. The second-order valence-corrected chi connectivity index (χ2v) is 10.0. The maximum Gasteiger partial charge on any atom is 0.267 e. The van der Waals surface area contributed by atoms with Crippen LogP contribution in [0, 0.1) is 0 Å². The molecule has 2 aromatic carbocycles. The number of carbonyl (C=O) groups is 2. The van der Waals surface area contributed by atoms with Crippen molar-refractivity contribution in [2.75, 3.05) is 40.3 Å². The minimum Gasteiger partial charge on any atom is -0.494 e. The maximum absolute atomic E-state index is 13.8.